The van der Waals surface area contributed by atoms with Gasteiger partial charge in [-0.25, -0.2) is 9.18 Å². The number of rotatable bonds is 4. The van der Waals surface area contributed by atoms with Crippen molar-refractivity contribution in [2.75, 3.05) is 28.6 Å². The normalized spacial score (nSPS) is 13.4. The molecule has 0 radical (unpaired) electrons. The molecule has 2 aromatic carbocycles. The molecule has 1 saturated heterocycles. The van der Waals surface area contributed by atoms with Gasteiger partial charge in [-0.2, -0.15) is 0 Å². The van der Waals surface area contributed by atoms with E-state index in [1.165, 1.54) is 18.9 Å². The largest absolute Gasteiger partial charge is 0.355 e. The molecule has 1 fully saturated rings. The number of hydrogen-bond acceptors (Lipinski definition) is 4. The third kappa shape index (κ3) is 4.51. The fourth-order valence-electron chi connectivity index (χ4n) is 3.28. The van der Waals surface area contributed by atoms with Crippen LogP contribution in [0.4, 0.5) is 26.4 Å². The van der Waals surface area contributed by atoms with Crippen LogP contribution in [0.2, 0.25) is 0 Å². The molecule has 0 spiro atoms. The Morgan fingerprint density at radius 2 is 1.62 bits per heavy atom. The Labute approximate surface area is 168 Å². The number of aryl methyl sites for hydroxylation is 1. The van der Waals surface area contributed by atoms with Gasteiger partial charge < -0.3 is 15.5 Å². The number of carbonyl (C=O) groups is 1. The smallest absolute Gasteiger partial charge is 0.323 e. The summed E-state index contributed by atoms with van der Waals surface area (Å²) in [6.45, 7) is 3.74. The van der Waals surface area contributed by atoms with E-state index in [-0.39, 0.29) is 5.82 Å². The number of hydrogen-bond donors (Lipinski definition) is 2. The highest BCUT2D eigenvalue weighted by molar-refractivity contribution is 5.99. The summed E-state index contributed by atoms with van der Waals surface area (Å²) in [5.74, 6) is 0.553. The number of nitrogens with one attached hydrogen (secondary N) is 2. The molecule has 4 rings (SSSR count). The van der Waals surface area contributed by atoms with Crippen LogP contribution >= 0.6 is 0 Å². The molecule has 6 nitrogen and oxygen atoms in total. The highest BCUT2D eigenvalue weighted by Gasteiger charge is 2.14. The van der Waals surface area contributed by atoms with E-state index in [1.54, 1.807) is 31.2 Å². The number of amides is 2. The molecule has 7 heteroatoms. The second kappa shape index (κ2) is 8.26. The molecule has 2 amide bonds. The third-order valence-corrected chi connectivity index (χ3v) is 4.95. The summed E-state index contributed by atoms with van der Waals surface area (Å²) >= 11 is 0. The first-order valence-corrected chi connectivity index (χ1v) is 9.62. The summed E-state index contributed by atoms with van der Waals surface area (Å²) in [6.07, 6.45) is 2.40. The maximum absolute atomic E-state index is 13.6. The van der Waals surface area contributed by atoms with Crippen LogP contribution in [0.25, 0.3) is 11.3 Å². The van der Waals surface area contributed by atoms with Gasteiger partial charge in [-0.3, -0.25) is 0 Å². The molecule has 2 heterocycles. The molecular weight excluding hydrogens is 369 g/mol. The van der Waals surface area contributed by atoms with E-state index >= 15 is 0 Å². The van der Waals surface area contributed by atoms with Crippen LogP contribution in [0.15, 0.2) is 54.6 Å². The van der Waals surface area contributed by atoms with Gasteiger partial charge in [-0.05, 0) is 61.7 Å². The van der Waals surface area contributed by atoms with Gasteiger partial charge in [0.15, 0.2) is 5.82 Å². The molecular formula is C22H22FN5O. The third-order valence-electron chi connectivity index (χ3n) is 4.95. The number of carbonyl (C=O) groups excluding carboxylic acids is 1. The van der Waals surface area contributed by atoms with Crippen molar-refractivity contribution in [1.29, 1.82) is 0 Å². The minimum absolute atomic E-state index is 0.357. The molecule has 0 atom stereocenters. The van der Waals surface area contributed by atoms with Gasteiger partial charge in [-0.1, -0.05) is 18.2 Å². The molecule has 0 aliphatic carbocycles. The van der Waals surface area contributed by atoms with Gasteiger partial charge in [0.25, 0.3) is 0 Å². The van der Waals surface area contributed by atoms with Crippen molar-refractivity contribution in [1.82, 2.24) is 10.2 Å². The van der Waals surface area contributed by atoms with Crippen molar-refractivity contribution in [2.45, 2.75) is 19.8 Å². The van der Waals surface area contributed by atoms with Crippen LogP contribution < -0.4 is 15.5 Å². The quantitative estimate of drug-likeness (QED) is 0.668. The number of urea groups is 1. The summed E-state index contributed by atoms with van der Waals surface area (Å²) in [5, 5.41) is 14.0. The fourth-order valence-corrected chi connectivity index (χ4v) is 3.28. The Hall–Kier alpha value is -3.48. The molecule has 0 bridgehead atoms. The van der Waals surface area contributed by atoms with Crippen LogP contribution in [0.3, 0.4) is 0 Å². The zero-order valence-electron chi connectivity index (χ0n) is 16.2. The highest BCUT2D eigenvalue weighted by Crippen LogP contribution is 2.22. The Morgan fingerprint density at radius 1 is 0.931 bits per heavy atom. The summed E-state index contributed by atoms with van der Waals surface area (Å²) in [4.78, 5) is 14.4. The Balaban J connectivity index is 1.38. The van der Waals surface area contributed by atoms with E-state index < -0.39 is 6.03 Å². The van der Waals surface area contributed by atoms with E-state index in [4.69, 9.17) is 0 Å². The first kappa shape index (κ1) is 18.9. The van der Waals surface area contributed by atoms with E-state index in [1.807, 2.05) is 24.3 Å². The Kier molecular flexibility index (Phi) is 5.37. The lowest BCUT2D eigenvalue weighted by atomic mass is 10.1. The number of halogens is 1. The Morgan fingerprint density at radius 3 is 2.28 bits per heavy atom. The van der Waals surface area contributed by atoms with Crippen LogP contribution in [0.1, 0.15) is 18.4 Å². The van der Waals surface area contributed by atoms with Gasteiger partial charge in [-0.15, -0.1) is 10.2 Å². The topological polar surface area (TPSA) is 70.2 Å². The highest BCUT2D eigenvalue weighted by atomic mass is 19.1. The van der Waals surface area contributed by atoms with Crippen molar-refractivity contribution < 1.29 is 9.18 Å². The number of benzene rings is 2. The molecule has 3 aromatic rings. The van der Waals surface area contributed by atoms with E-state index in [9.17, 15) is 9.18 Å². The van der Waals surface area contributed by atoms with E-state index in [2.05, 4.69) is 25.7 Å². The predicted molar refractivity (Wildman–Crippen MR) is 113 cm³/mol. The van der Waals surface area contributed by atoms with Crippen LogP contribution in [0.5, 0.6) is 0 Å². The average Bonchev–Trinajstić information content (AvgIpc) is 3.26. The number of aromatic nitrogens is 2. The fraction of sp³-hybridized carbons (Fsp3) is 0.227. The van der Waals surface area contributed by atoms with Crippen molar-refractivity contribution in [3.8, 4) is 11.3 Å². The Bertz CT molecular complexity index is 999. The molecule has 1 aromatic heterocycles. The minimum Gasteiger partial charge on any atom is -0.355 e. The van der Waals surface area contributed by atoms with Crippen molar-refractivity contribution in [2.24, 2.45) is 0 Å². The summed E-state index contributed by atoms with van der Waals surface area (Å²) in [6, 6.07) is 15.4. The maximum atomic E-state index is 13.6. The summed E-state index contributed by atoms with van der Waals surface area (Å²) in [5.41, 5.74) is 3.25. The SMILES string of the molecule is Cc1ccc(NC(=O)Nc2ccc(-c3ccc(N4CCCC4)nn3)cc2)cc1F. The first-order valence-electron chi connectivity index (χ1n) is 9.62. The second-order valence-corrected chi connectivity index (χ2v) is 7.09. The number of nitrogens with zero attached hydrogens (tertiary/aromatic N) is 3. The zero-order valence-corrected chi connectivity index (χ0v) is 16.2. The van der Waals surface area contributed by atoms with Gasteiger partial charge >= 0.3 is 6.03 Å². The lowest BCUT2D eigenvalue weighted by Crippen LogP contribution is -2.19. The molecule has 1 aliphatic heterocycles. The van der Waals surface area contributed by atoms with Crippen molar-refractivity contribution in [3.63, 3.8) is 0 Å². The average molecular weight is 391 g/mol. The van der Waals surface area contributed by atoms with Crippen molar-refractivity contribution >= 4 is 23.2 Å². The molecule has 2 N–H and O–H groups in total. The molecule has 29 heavy (non-hydrogen) atoms. The van der Waals surface area contributed by atoms with E-state index in [0.717, 1.165) is 30.2 Å². The van der Waals surface area contributed by atoms with E-state index in [0.29, 0.717) is 16.9 Å². The van der Waals surface area contributed by atoms with Crippen molar-refractivity contribution in [3.05, 3.63) is 66.0 Å². The summed E-state index contributed by atoms with van der Waals surface area (Å²) < 4.78 is 13.6. The van der Waals surface area contributed by atoms with Gasteiger partial charge in [0.05, 0.1) is 5.69 Å². The standard InChI is InChI=1S/C22H22FN5O/c1-15-4-7-18(14-19(15)23)25-22(29)24-17-8-5-16(6-9-17)20-10-11-21(27-26-20)28-12-2-3-13-28/h4-11,14H,2-3,12-13H2,1H3,(H2,24,25,29). The lowest BCUT2D eigenvalue weighted by molar-refractivity contribution is 0.262. The van der Waals surface area contributed by atoms with Gasteiger partial charge in [0.2, 0.25) is 0 Å². The number of anilines is 3. The van der Waals surface area contributed by atoms with Gasteiger partial charge in [0.1, 0.15) is 5.82 Å². The maximum Gasteiger partial charge on any atom is 0.323 e. The molecule has 0 unspecified atom stereocenters. The second-order valence-electron chi connectivity index (χ2n) is 7.09. The molecule has 148 valence electrons. The predicted octanol–water partition coefficient (Wildman–Crippen LogP) is 4.84. The first-order chi connectivity index (χ1) is 14.1. The zero-order chi connectivity index (χ0) is 20.2. The summed E-state index contributed by atoms with van der Waals surface area (Å²) in [7, 11) is 0. The molecule has 1 aliphatic rings. The van der Waals surface area contributed by atoms with Crippen LogP contribution in [-0.4, -0.2) is 29.3 Å². The lowest BCUT2D eigenvalue weighted by Gasteiger charge is -2.15. The monoisotopic (exact) mass is 391 g/mol. The van der Waals surface area contributed by atoms with Gasteiger partial charge in [0, 0.05) is 30.0 Å². The molecule has 0 saturated carbocycles. The van der Waals surface area contributed by atoms with Crippen LogP contribution in [0, 0.1) is 12.7 Å². The minimum atomic E-state index is -0.434. The van der Waals surface area contributed by atoms with Crippen LogP contribution in [-0.2, 0) is 0 Å².